The average molecular weight is 501 g/mol. The third-order valence-electron chi connectivity index (χ3n) is 5.49. The van der Waals surface area contributed by atoms with E-state index in [1.807, 2.05) is 10.6 Å². The Morgan fingerprint density at radius 3 is 2.66 bits per heavy atom. The fourth-order valence-electron chi connectivity index (χ4n) is 4.01. The van der Waals surface area contributed by atoms with E-state index in [0.717, 1.165) is 16.5 Å². The van der Waals surface area contributed by atoms with Crippen LogP contribution in [0.25, 0.3) is 10.9 Å². The molecule has 0 atom stereocenters. The summed E-state index contributed by atoms with van der Waals surface area (Å²) in [6, 6.07) is 8.11. The third kappa shape index (κ3) is 4.04. The highest BCUT2D eigenvalue weighted by atomic mass is 79.9. The SMILES string of the molecule is C/N=c1/c2c(CBr)ccnc2c(OC(C)=O)c2n1CCN(CCc1ccc(F)cc1)C2=O. The van der Waals surface area contributed by atoms with Crippen LogP contribution < -0.4 is 10.2 Å². The summed E-state index contributed by atoms with van der Waals surface area (Å²) in [6.07, 6.45) is 2.21. The molecule has 9 heteroatoms. The number of rotatable bonds is 5. The molecule has 0 saturated carbocycles. The van der Waals surface area contributed by atoms with Gasteiger partial charge in [-0.1, -0.05) is 28.1 Å². The van der Waals surface area contributed by atoms with Crippen LogP contribution in [0.15, 0.2) is 41.5 Å². The molecule has 1 aliphatic rings. The number of hydrogen-bond acceptors (Lipinski definition) is 5. The minimum Gasteiger partial charge on any atom is -0.422 e. The van der Waals surface area contributed by atoms with Crippen LogP contribution in [0, 0.1) is 5.82 Å². The number of pyridine rings is 2. The van der Waals surface area contributed by atoms with Crippen molar-refractivity contribution in [3.05, 3.63) is 64.7 Å². The van der Waals surface area contributed by atoms with Crippen molar-refractivity contribution in [1.82, 2.24) is 14.5 Å². The summed E-state index contributed by atoms with van der Waals surface area (Å²) in [5.74, 6) is -0.929. The van der Waals surface area contributed by atoms with Gasteiger partial charge in [0.2, 0.25) is 0 Å². The van der Waals surface area contributed by atoms with E-state index in [4.69, 9.17) is 4.74 Å². The molecule has 0 unspecified atom stereocenters. The summed E-state index contributed by atoms with van der Waals surface area (Å²) in [7, 11) is 1.67. The monoisotopic (exact) mass is 500 g/mol. The lowest BCUT2D eigenvalue weighted by molar-refractivity contribution is -0.131. The summed E-state index contributed by atoms with van der Waals surface area (Å²) in [6.45, 7) is 2.73. The smallest absolute Gasteiger partial charge is 0.308 e. The molecule has 7 nitrogen and oxygen atoms in total. The van der Waals surface area contributed by atoms with E-state index in [-0.39, 0.29) is 23.2 Å². The number of carbonyl (C=O) groups excluding carboxylic acids is 2. The van der Waals surface area contributed by atoms with Crippen LogP contribution >= 0.6 is 15.9 Å². The number of alkyl halides is 1. The molecular formula is C23H22BrFN4O3. The molecule has 166 valence electrons. The number of fused-ring (bicyclic) bond motifs is 2. The molecule has 0 aliphatic carbocycles. The van der Waals surface area contributed by atoms with E-state index in [2.05, 4.69) is 25.9 Å². The first kappa shape index (κ1) is 22.1. The van der Waals surface area contributed by atoms with Gasteiger partial charge in [0.25, 0.3) is 5.91 Å². The first-order valence-corrected chi connectivity index (χ1v) is 11.3. The summed E-state index contributed by atoms with van der Waals surface area (Å²) in [5.41, 5.74) is 3.19. The van der Waals surface area contributed by atoms with E-state index in [1.165, 1.54) is 19.1 Å². The van der Waals surface area contributed by atoms with Crippen molar-refractivity contribution in [3.8, 4) is 5.75 Å². The van der Waals surface area contributed by atoms with Gasteiger partial charge >= 0.3 is 5.97 Å². The number of halogens is 2. The highest BCUT2D eigenvalue weighted by Gasteiger charge is 2.32. The first-order chi connectivity index (χ1) is 15.4. The zero-order valence-corrected chi connectivity index (χ0v) is 19.4. The number of nitrogens with zero attached hydrogens (tertiary/aromatic N) is 4. The van der Waals surface area contributed by atoms with Crippen molar-refractivity contribution in [2.75, 3.05) is 20.1 Å². The number of hydrogen-bond donors (Lipinski definition) is 0. The molecule has 0 spiro atoms. The Morgan fingerprint density at radius 2 is 2.00 bits per heavy atom. The average Bonchev–Trinajstić information content (AvgIpc) is 2.79. The minimum atomic E-state index is -0.530. The van der Waals surface area contributed by atoms with Crippen molar-refractivity contribution in [2.45, 2.75) is 25.2 Å². The normalized spacial score (nSPS) is 14.1. The molecule has 3 aromatic rings. The van der Waals surface area contributed by atoms with E-state index in [9.17, 15) is 14.0 Å². The fraction of sp³-hybridized carbons (Fsp3) is 0.304. The molecule has 1 aliphatic heterocycles. The molecule has 0 fully saturated rings. The Balaban J connectivity index is 1.82. The van der Waals surface area contributed by atoms with E-state index < -0.39 is 5.97 Å². The molecule has 0 N–H and O–H groups in total. The highest BCUT2D eigenvalue weighted by Crippen LogP contribution is 2.31. The van der Waals surface area contributed by atoms with Crippen LogP contribution in [0.1, 0.15) is 28.5 Å². The summed E-state index contributed by atoms with van der Waals surface area (Å²) >= 11 is 3.50. The molecule has 2 aromatic heterocycles. The summed E-state index contributed by atoms with van der Waals surface area (Å²) in [4.78, 5) is 36.1. The predicted octanol–water partition coefficient (Wildman–Crippen LogP) is 3.22. The molecule has 1 amide bonds. The maximum Gasteiger partial charge on any atom is 0.308 e. The zero-order valence-electron chi connectivity index (χ0n) is 17.8. The van der Waals surface area contributed by atoms with Crippen LogP contribution in [-0.2, 0) is 23.1 Å². The summed E-state index contributed by atoms with van der Waals surface area (Å²) < 4.78 is 20.5. The predicted molar refractivity (Wildman–Crippen MR) is 121 cm³/mol. The molecule has 4 rings (SSSR count). The molecule has 32 heavy (non-hydrogen) atoms. The van der Waals surface area contributed by atoms with Gasteiger partial charge in [0, 0.05) is 45.1 Å². The van der Waals surface area contributed by atoms with Gasteiger partial charge in [0.05, 0.1) is 5.39 Å². The third-order valence-corrected chi connectivity index (χ3v) is 6.09. The molecule has 1 aromatic carbocycles. The highest BCUT2D eigenvalue weighted by molar-refractivity contribution is 9.08. The Morgan fingerprint density at radius 1 is 1.25 bits per heavy atom. The van der Waals surface area contributed by atoms with Gasteiger partial charge in [0.1, 0.15) is 16.8 Å². The van der Waals surface area contributed by atoms with E-state index in [0.29, 0.717) is 42.4 Å². The zero-order chi connectivity index (χ0) is 22.8. The Bertz CT molecular complexity index is 1270. The molecule has 3 heterocycles. The van der Waals surface area contributed by atoms with Crippen molar-refractivity contribution in [1.29, 1.82) is 0 Å². The fourth-order valence-corrected chi connectivity index (χ4v) is 4.48. The lowest BCUT2D eigenvalue weighted by atomic mass is 10.1. The largest absolute Gasteiger partial charge is 0.422 e. The van der Waals surface area contributed by atoms with Crippen molar-refractivity contribution in [2.24, 2.45) is 4.99 Å². The number of amides is 1. The number of esters is 1. The van der Waals surface area contributed by atoms with Gasteiger partial charge in [-0.15, -0.1) is 0 Å². The first-order valence-electron chi connectivity index (χ1n) is 10.2. The second-order valence-electron chi connectivity index (χ2n) is 7.47. The van der Waals surface area contributed by atoms with Gasteiger partial charge < -0.3 is 14.2 Å². The molecule has 0 radical (unpaired) electrons. The van der Waals surface area contributed by atoms with Crippen LogP contribution in [0.5, 0.6) is 5.75 Å². The van der Waals surface area contributed by atoms with Gasteiger partial charge in [0.15, 0.2) is 11.4 Å². The van der Waals surface area contributed by atoms with Gasteiger partial charge in [-0.05, 0) is 35.7 Å². The van der Waals surface area contributed by atoms with Crippen LogP contribution in [-0.4, -0.2) is 46.5 Å². The lowest BCUT2D eigenvalue weighted by Crippen LogP contribution is -2.46. The number of benzene rings is 1. The second-order valence-corrected chi connectivity index (χ2v) is 8.03. The Labute approximate surface area is 192 Å². The van der Waals surface area contributed by atoms with Crippen LogP contribution in [0.4, 0.5) is 4.39 Å². The maximum absolute atomic E-state index is 13.5. The second kappa shape index (κ2) is 9.20. The molecule has 0 saturated heterocycles. The van der Waals surface area contributed by atoms with Gasteiger partial charge in [-0.2, -0.15) is 0 Å². The summed E-state index contributed by atoms with van der Waals surface area (Å²) in [5, 5.41) is 1.31. The van der Waals surface area contributed by atoms with Crippen molar-refractivity contribution < 1.29 is 18.7 Å². The topological polar surface area (TPSA) is 76.8 Å². The number of aromatic nitrogens is 2. The minimum absolute atomic E-state index is 0.152. The Hall–Kier alpha value is -3.07. The van der Waals surface area contributed by atoms with Crippen molar-refractivity contribution in [3.63, 3.8) is 0 Å². The standard InChI is InChI=1S/C23H22BrFN4O3/c1-14(30)32-21-19-18(16(13-24)7-9-27-19)22(26-2)29-12-11-28(23(31)20(21)29)10-8-15-3-5-17(25)6-4-15/h3-7,9H,8,10-13H2,1-2H3/b26-22-. The lowest BCUT2D eigenvalue weighted by Gasteiger charge is -2.31. The molecular weight excluding hydrogens is 479 g/mol. The van der Waals surface area contributed by atoms with Crippen molar-refractivity contribution >= 4 is 38.7 Å². The van der Waals surface area contributed by atoms with Crippen LogP contribution in [0.2, 0.25) is 0 Å². The van der Waals surface area contributed by atoms with E-state index >= 15 is 0 Å². The van der Waals surface area contributed by atoms with E-state index in [1.54, 1.807) is 30.3 Å². The van der Waals surface area contributed by atoms with Gasteiger partial charge in [-0.25, -0.2) is 4.39 Å². The number of ether oxygens (including phenoxy) is 1. The number of carbonyl (C=O) groups is 2. The van der Waals surface area contributed by atoms with Gasteiger partial charge in [-0.3, -0.25) is 19.6 Å². The quantitative estimate of drug-likeness (QED) is 0.398. The maximum atomic E-state index is 13.5. The Kier molecular flexibility index (Phi) is 6.36. The molecule has 0 bridgehead atoms. The van der Waals surface area contributed by atoms with Crippen LogP contribution in [0.3, 0.4) is 0 Å².